The van der Waals surface area contributed by atoms with Gasteiger partial charge in [-0.25, -0.2) is 4.98 Å². The SMILES string of the molecule is CCC(O)c1c(-c2ccc3c(c2)CCCC3)nc2c(C)cccn12. The maximum Gasteiger partial charge on any atom is 0.140 e. The number of benzene rings is 1. The van der Waals surface area contributed by atoms with Crippen molar-refractivity contribution >= 4 is 5.65 Å². The zero-order valence-electron chi connectivity index (χ0n) is 14.4. The number of aryl methyl sites for hydroxylation is 3. The maximum absolute atomic E-state index is 10.6. The number of imidazole rings is 1. The molecule has 4 rings (SSSR count). The molecule has 0 bridgehead atoms. The molecule has 0 saturated carbocycles. The Bertz CT molecular complexity index is 894. The normalized spacial score (nSPS) is 15.5. The summed E-state index contributed by atoms with van der Waals surface area (Å²) in [4.78, 5) is 4.90. The molecule has 2 aromatic heterocycles. The number of aliphatic hydroxyl groups is 1. The second-order valence-electron chi connectivity index (χ2n) is 6.85. The van der Waals surface area contributed by atoms with Crippen LogP contribution < -0.4 is 0 Å². The summed E-state index contributed by atoms with van der Waals surface area (Å²) in [5.74, 6) is 0. The molecule has 0 aliphatic heterocycles. The van der Waals surface area contributed by atoms with Crippen molar-refractivity contribution < 1.29 is 5.11 Å². The Balaban J connectivity index is 1.94. The van der Waals surface area contributed by atoms with Gasteiger partial charge in [-0.2, -0.15) is 0 Å². The number of nitrogens with zero attached hydrogens (tertiary/aromatic N) is 2. The summed E-state index contributed by atoms with van der Waals surface area (Å²) in [5.41, 5.74) is 7.95. The minimum absolute atomic E-state index is 0.507. The molecular weight excluding hydrogens is 296 g/mol. The zero-order chi connectivity index (χ0) is 16.7. The van der Waals surface area contributed by atoms with Crippen LogP contribution in [0.4, 0.5) is 0 Å². The number of rotatable bonds is 3. The second-order valence-corrected chi connectivity index (χ2v) is 6.85. The fraction of sp³-hybridized carbons (Fsp3) is 0.381. The largest absolute Gasteiger partial charge is 0.387 e. The third-order valence-electron chi connectivity index (χ3n) is 5.21. The quantitative estimate of drug-likeness (QED) is 0.764. The molecule has 3 aromatic rings. The van der Waals surface area contributed by atoms with Gasteiger partial charge in [0.05, 0.1) is 17.5 Å². The van der Waals surface area contributed by atoms with E-state index in [1.807, 2.05) is 19.2 Å². The van der Waals surface area contributed by atoms with Gasteiger partial charge in [0.25, 0.3) is 0 Å². The van der Waals surface area contributed by atoms with Crippen molar-refractivity contribution in [1.29, 1.82) is 0 Å². The molecule has 1 atom stereocenters. The molecule has 0 amide bonds. The fourth-order valence-corrected chi connectivity index (χ4v) is 3.83. The monoisotopic (exact) mass is 320 g/mol. The third kappa shape index (κ3) is 2.44. The highest BCUT2D eigenvalue weighted by Crippen LogP contribution is 2.33. The van der Waals surface area contributed by atoms with Gasteiger partial charge in [0, 0.05) is 11.8 Å². The van der Waals surface area contributed by atoms with E-state index in [0.717, 1.165) is 34.6 Å². The first-order valence-corrected chi connectivity index (χ1v) is 8.97. The summed E-state index contributed by atoms with van der Waals surface area (Å²) in [7, 11) is 0. The number of hydrogen-bond donors (Lipinski definition) is 1. The van der Waals surface area contributed by atoms with Gasteiger partial charge in [0.2, 0.25) is 0 Å². The zero-order valence-corrected chi connectivity index (χ0v) is 14.4. The summed E-state index contributed by atoms with van der Waals surface area (Å²) in [6.45, 7) is 4.08. The van der Waals surface area contributed by atoms with Crippen molar-refractivity contribution in [3.63, 3.8) is 0 Å². The van der Waals surface area contributed by atoms with Crippen LogP contribution >= 0.6 is 0 Å². The van der Waals surface area contributed by atoms with Crippen molar-refractivity contribution in [3.8, 4) is 11.3 Å². The van der Waals surface area contributed by atoms with E-state index in [2.05, 4.69) is 35.6 Å². The first kappa shape index (κ1) is 15.4. The van der Waals surface area contributed by atoms with Gasteiger partial charge in [-0.1, -0.05) is 25.1 Å². The smallest absolute Gasteiger partial charge is 0.140 e. The molecule has 0 fully saturated rings. The molecule has 3 heteroatoms. The Labute approximate surface area is 143 Å². The van der Waals surface area contributed by atoms with Crippen LogP contribution in [0.1, 0.15) is 54.7 Å². The molecule has 1 N–H and O–H groups in total. The number of hydrogen-bond acceptors (Lipinski definition) is 2. The topological polar surface area (TPSA) is 37.5 Å². The lowest BCUT2D eigenvalue weighted by Gasteiger charge is -2.17. The molecule has 3 nitrogen and oxygen atoms in total. The molecule has 124 valence electrons. The summed E-state index contributed by atoms with van der Waals surface area (Å²) in [5, 5.41) is 10.6. The first-order chi connectivity index (χ1) is 11.7. The predicted octanol–water partition coefficient (Wildman–Crippen LogP) is 4.63. The molecule has 0 spiro atoms. The highest BCUT2D eigenvalue weighted by Gasteiger charge is 2.21. The molecule has 1 aliphatic rings. The van der Waals surface area contributed by atoms with Crippen molar-refractivity contribution in [1.82, 2.24) is 9.38 Å². The van der Waals surface area contributed by atoms with E-state index in [1.165, 1.54) is 30.4 Å². The van der Waals surface area contributed by atoms with Crippen LogP contribution in [0.25, 0.3) is 16.9 Å². The average Bonchev–Trinajstić information content (AvgIpc) is 3.01. The maximum atomic E-state index is 10.6. The van der Waals surface area contributed by atoms with Crippen LogP contribution in [0.5, 0.6) is 0 Å². The van der Waals surface area contributed by atoms with Gasteiger partial charge < -0.3 is 9.51 Å². The van der Waals surface area contributed by atoms with Gasteiger partial charge in [-0.3, -0.25) is 0 Å². The van der Waals surface area contributed by atoms with Gasteiger partial charge in [-0.05, 0) is 67.9 Å². The van der Waals surface area contributed by atoms with Crippen molar-refractivity contribution in [2.24, 2.45) is 0 Å². The van der Waals surface area contributed by atoms with E-state index < -0.39 is 6.10 Å². The lowest BCUT2D eigenvalue weighted by atomic mass is 9.89. The highest BCUT2D eigenvalue weighted by molar-refractivity contribution is 5.69. The van der Waals surface area contributed by atoms with Crippen molar-refractivity contribution in [3.05, 3.63) is 58.9 Å². The Morgan fingerprint density at radius 2 is 1.96 bits per heavy atom. The van der Waals surface area contributed by atoms with Crippen molar-refractivity contribution in [2.75, 3.05) is 0 Å². The number of fused-ring (bicyclic) bond motifs is 2. The Kier molecular flexibility index (Phi) is 3.89. The van der Waals surface area contributed by atoms with Crippen LogP contribution in [0.3, 0.4) is 0 Å². The van der Waals surface area contributed by atoms with E-state index in [9.17, 15) is 5.11 Å². The van der Waals surface area contributed by atoms with E-state index >= 15 is 0 Å². The fourth-order valence-electron chi connectivity index (χ4n) is 3.83. The van der Waals surface area contributed by atoms with Gasteiger partial charge >= 0.3 is 0 Å². The summed E-state index contributed by atoms with van der Waals surface area (Å²) < 4.78 is 2.05. The Hall–Kier alpha value is -2.13. The number of aliphatic hydroxyl groups excluding tert-OH is 1. The molecular formula is C21H24N2O. The molecule has 0 saturated heterocycles. The Morgan fingerprint density at radius 3 is 2.75 bits per heavy atom. The first-order valence-electron chi connectivity index (χ1n) is 8.97. The highest BCUT2D eigenvalue weighted by atomic mass is 16.3. The van der Waals surface area contributed by atoms with Crippen molar-refractivity contribution in [2.45, 2.75) is 52.1 Å². The summed E-state index contributed by atoms with van der Waals surface area (Å²) in [6.07, 6.45) is 7.08. The van der Waals surface area contributed by atoms with E-state index in [-0.39, 0.29) is 0 Å². The number of aromatic nitrogens is 2. The van der Waals surface area contributed by atoms with Crippen LogP contribution in [0, 0.1) is 6.92 Å². The standard InChI is InChI=1S/C21H24N2O/c1-3-18(24)20-19(22-21-14(2)7-6-12-23(20)21)17-11-10-15-8-4-5-9-16(15)13-17/h6-7,10-13,18,24H,3-5,8-9H2,1-2H3. The molecule has 1 aromatic carbocycles. The second kappa shape index (κ2) is 6.06. The molecule has 2 heterocycles. The lowest BCUT2D eigenvalue weighted by molar-refractivity contribution is 0.168. The van der Waals surface area contributed by atoms with Gasteiger partial charge in [0.1, 0.15) is 5.65 Å². The van der Waals surface area contributed by atoms with Crippen LogP contribution in [-0.2, 0) is 12.8 Å². The van der Waals surface area contributed by atoms with Crippen LogP contribution in [0.15, 0.2) is 36.5 Å². The summed E-state index contributed by atoms with van der Waals surface area (Å²) >= 11 is 0. The average molecular weight is 320 g/mol. The van der Waals surface area contributed by atoms with Gasteiger partial charge in [-0.15, -0.1) is 0 Å². The summed E-state index contributed by atoms with van der Waals surface area (Å²) in [6, 6.07) is 10.8. The molecule has 24 heavy (non-hydrogen) atoms. The van der Waals surface area contributed by atoms with Crippen LogP contribution in [-0.4, -0.2) is 14.5 Å². The van der Waals surface area contributed by atoms with E-state index in [4.69, 9.17) is 4.98 Å². The minimum atomic E-state index is -0.507. The molecule has 0 radical (unpaired) electrons. The van der Waals surface area contributed by atoms with Gasteiger partial charge in [0.15, 0.2) is 0 Å². The molecule has 1 unspecified atom stereocenters. The van der Waals surface area contributed by atoms with Crippen LogP contribution in [0.2, 0.25) is 0 Å². The van der Waals surface area contributed by atoms with E-state index in [0.29, 0.717) is 6.42 Å². The minimum Gasteiger partial charge on any atom is -0.387 e. The molecule has 1 aliphatic carbocycles. The predicted molar refractivity (Wildman–Crippen MR) is 97.3 cm³/mol. The third-order valence-corrected chi connectivity index (χ3v) is 5.21. The van der Waals surface area contributed by atoms with E-state index in [1.54, 1.807) is 0 Å². The Morgan fingerprint density at radius 1 is 1.17 bits per heavy atom. The number of pyridine rings is 1. The lowest BCUT2D eigenvalue weighted by Crippen LogP contribution is -2.04.